The second kappa shape index (κ2) is 10.7. The first-order valence-corrected chi connectivity index (χ1v) is 8.39. The van der Waals surface area contributed by atoms with E-state index >= 15 is 0 Å². The topological polar surface area (TPSA) is 99.1 Å². The van der Waals surface area contributed by atoms with Gasteiger partial charge in [0.25, 0.3) is 0 Å². The molecule has 0 unspecified atom stereocenters. The first-order chi connectivity index (χ1) is 11.8. The summed E-state index contributed by atoms with van der Waals surface area (Å²) in [7, 11) is 0. The lowest BCUT2D eigenvalue weighted by atomic mass is 10.1. The van der Waals surface area contributed by atoms with Crippen LogP contribution in [0.2, 0.25) is 0 Å². The maximum atomic E-state index is 11.8. The van der Waals surface area contributed by atoms with Crippen LogP contribution in [0.15, 0.2) is 24.3 Å². The van der Waals surface area contributed by atoms with Crippen LogP contribution in [0.4, 0.5) is 0 Å². The molecule has 25 heavy (non-hydrogen) atoms. The number of hydrogen-bond donors (Lipinski definition) is 1. The number of carbonyl (C=O) groups excluding carboxylic acids is 3. The highest BCUT2D eigenvalue weighted by Gasteiger charge is 2.16. The molecule has 1 heterocycles. The molecule has 1 aliphatic heterocycles. The minimum atomic E-state index is -0.819. The van der Waals surface area contributed by atoms with Crippen molar-refractivity contribution in [3.63, 3.8) is 0 Å². The molecule has 0 aromatic carbocycles. The largest absolute Gasteiger partial charge is 0.460 e. The Labute approximate surface area is 147 Å². The van der Waals surface area contributed by atoms with Crippen molar-refractivity contribution < 1.29 is 33.7 Å². The number of ether oxygens (including phenoxy) is 3. The number of aliphatic hydroxyl groups excluding tert-OH is 1. The van der Waals surface area contributed by atoms with Crippen molar-refractivity contribution in [1.29, 1.82) is 0 Å². The lowest BCUT2D eigenvalue weighted by Crippen LogP contribution is -2.21. The molecule has 0 saturated heterocycles. The fourth-order valence-corrected chi connectivity index (χ4v) is 2.28. The lowest BCUT2D eigenvalue weighted by molar-refractivity contribution is -0.147. The normalized spacial score (nSPS) is 32.2. The van der Waals surface area contributed by atoms with Gasteiger partial charge in [-0.1, -0.05) is 0 Å². The summed E-state index contributed by atoms with van der Waals surface area (Å²) >= 11 is 0. The summed E-state index contributed by atoms with van der Waals surface area (Å²) < 4.78 is 15.5. The van der Waals surface area contributed by atoms with Crippen LogP contribution in [0.25, 0.3) is 0 Å². The Kier molecular flexibility index (Phi) is 8.91. The maximum Gasteiger partial charge on any atom is 0.330 e. The van der Waals surface area contributed by atoms with Crippen molar-refractivity contribution >= 4 is 17.9 Å². The third-order valence-corrected chi connectivity index (χ3v) is 3.58. The smallest absolute Gasteiger partial charge is 0.330 e. The van der Waals surface area contributed by atoms with Gasteiger partial charge >= 0.3 is 17.9 Å². The van der Waals surface area contributed by atoms with Gasteiger partial charge in [-0.2, -0.15) is 0 Å². The van der Waals surface area contributed by atoms with Crippen LogP contribution >= 0.6 is 0 Å². The fourth-order valence-electron chi connectivity index (χ4n) is 2.28. The SMILES string of the molecule is CC(=O)O[C@@H]1/C=C/C(=O)O[C@H](C)CC[C@H](O)/C=C\C(=O)O[C@H](C)CC1. The van der Waals surface area contributed by atoms with Crippen molar-refractivity contribution in [3.05, 3.63) is 24.3 Å². The first kappa shape index (κ1) is 20.9. The Balaban J connectivity index is 2.83. The molecular formula is C18H26O7. The molecule has 7 nitrogen and oxygen atoms in total. The predicted octanol–water partition coefficient (Wildman–Crippen LogP) is 1.83. The van der Waals surface area contributed by atoms with Crippen molar-refractivity contribution in [2.24, 2.45) is 0 Å². The average Bonchev–Trinajstić information content (AvgIpc) is 2.52. The number of cyclic esters (lactones) is 2. The van der Waals surface area contributed by atoms with E-state index in [1.807, 2.05) is 0 Å². The predicted molar refractivity (Wildman–Crippen MR) is 89.4 cm³/mol. The molecule has 0 amide bonds. The molecular weight excluding hydrogens is 328 g/mol. The Bertz CT molecular complexity index is 524. The van der Waals surface area contributed by atoms with Crippen LogP contribution in [0.3, 0.4) is 0 Å². The van der Waals surface area contributed by atoms with Gasteiger partial charge in [0.15, 0.2) is 0 Å². The summed E-state index contributed by atoms with van der Waals surface area (Å²) in [5.74, 6) is -1.55. The van der Waals surface area contributed by atoms with E-state index in [2.05, 4.69) is 0 Å². The highest BCUT2D eigenvalue weighted by Crippen LogP contribution is 2.12. The van der Waals surface area contributed by atoms with E-state index < -0.39 is 42.3 Å². The van der Waals surface area contributed by atoms with E-state index in [1.54, 1.807) is 13.8 Å². The van der Waals surface area contributed by atoms with Crippen molar-refractivity contribution in [2.75, 3.05) is 0 Å². The molecule has 1 aliphatic rings. The molecule has 0 radical (unpaired) electrons. The summed E-state index contributed by atoms with van der Waals surface area (Å²) in [6, 6.07) is 0. The van der Waals surface area contributed by atoms with Gasteiger partial charge in [-0.15, -0.1) is 0 Å². The minimum absolute atomic E-state index is 0.341. The van der Waals surface area contributed by atoms with Crippen molar-refractivity contribution in [2.45, 2.75) is 70.9 Å². The van der Waals surface area contributed by atoms with Crippen molar-refractivity contribution in [1.82, 2.24) is 0 Å². The van der Waals surface area contributed by atoms with E-state index in [1.165, 1.54) is 31.2 Å². The van der Waals surface area contributed by atoms with Crippen LogP contribution < -0.4 is 0 Å². The van der Waals surface area contributed by atoms with E-state index in [0.29, 0.717) is 25.7 Å². The maximum absolute atomic E-state index is 11.8. The zero-order valence-corrected chi connectivity index (χ0v) is 14.8. The zero-order chi connectivity index (χ0) is 18.8. The molecule has 7 heteroatoms. The Morgan fingerprint density at radius 1 is 1.00 bits per heavy atom. The van der Waals surface area contributed by atoms with E-state index in [4.69, 9.17) is 14.2 Å². The molecule has 0 spiro atoms. The van der Waals surface area contributed by atoms with Gasteiger partial charge in [-0.05, 0) is 51.7 Å². The van der Waals surface area contributed by atoms with E-state index in [-0.39, 0.29) is 0 Å². The monoisotopic (exact) mass is 354 g/mol. The quantitative estimate of drug-likeness (QED) is 0.566. The van der Waals surface area contributed by atoms with Crippen LogP contribution in [-0.2, 0) is 28.6 Å². The number of esters is 3. The van der Waals surface area contributed by atoms with Gasteiger partial charge in [0.1, 0.15) is 6.10 Å². The van der Waals surface area contributed by atoms with Crippen LogP contribution in [0.1, 0.15) is 46.5 Å². The second-order valence-electron chi connectivity index (χ2n) is 6.08. The molecule has 1 N–H and O–H groups in total. The van der Waals surface area contributed by atoms with Gasteiger partial charge in [0, 0.05) is 19.1 Å². The number of carbonyl (C=O) groups is 3. The van der Waals surface area contributed by atoms with E-state index in [9.17, 15) is 19.5 Å². The third kappa shape index (κ3) is 9.66. The number of rotatable bonds is 1. The van der Waals surface area contributed by atoms with Gasteiger partial charge < -0.3 is 19.3 Å². The molecule has 1 rings (SSSR count). The molecule has 0 fully saturated rings. The second-order valence-corrected chi connectivity index (χ2v) is 6.08. The molecule has 0 saturated carbocycles. The van der Waals surface area contributed by atoms with Gasteiger partial charge in [-0.25, -0.2) is 9.59 Å². The van der Waals surface area contributed by atoms with Gasteiger partial charge in [0.2, 0.25) is 0 Å². The molecule has 0 bridgehead atoms. The average molecular weight is 354 g/mol. The highest BCUT2D eigenvalue weighted by atomic mass is 16.6. The Morgan fingerprint density at radius 3 is 2.08 bits per heavy atom. The zero-order valence-electron chi connectivity index (χ0n) is 14.8. The molecule has 0 aliphatic carbocycles. The number of hydrogen-bond acceptors (Lipinski definition) is 7. The fraction of sp³-hybridized carbons (Fsp3) is 0.611. The molecule has 4 atom stereocenters. The lowest BCUT2D eigenvalue weighted by Gasteiger charge is -2.17. The number of aliphatic hydroxyl groups is 1. The summed E-state index contributed by atoms with van der Waals surface area (Å²) in [5, 5.41) is 9.81. The highest BCUT2D eigenvalue weighted by molar-refractivity contribution is 5.82. The summed E-state index contributed by atoms with van der Waals surface area (Å²) in [6.45, 7) is 4.72. The molecule has 0 aromatic heterocycles. The molecule has 0 aromatic rings. The Hall–Kier alpha value is -2.15. The van der Waals surface area contributed by atoms with Crippen LogP contribution in [0.5, 0.6) is 0 Å². The van der Waals surface area contributed by atoms with Crippen LogP contribution in [0, 0.1) is 0 Å². The standard InChI is InChI=1S/C18H26O7/c1-12-4-6-15(20)7-10-17(21)24-13(2)5-8-16(25-14(3)19)9-11-18(22)23-12/h7,9-13,15-16,20H,4-6,8H2,1-3H3/b10-7-,11-9+/t12-,13-,15+,16+/m1/s1. The summed E-state index contributed by atoms with van der Waals surface area (Å²) in [4.78, 5) is 34.7. The summed E-state index contributed by atoms with van der Waals surface area (Å²) in [5.41, 5.74) is 0. The van der Waals surface area contributed by atoms with Crippen molar-refractivity contribution in [3.8, 4) is 0 Å². The summed E-state index contributed by atoms with van der Waals surface area (Å²) in [6.07, 6.45) is 4.62. The van der Waals surface area contributed by atoms with Gasteiger partial charge in [-0.3, -0.25) is 4.79 Å². The third-order valence-electron chi connectivity index (χ3n) is 3.58. The molecule has 140 valence electrons. The Morgan fingerprint density at radius 2 is 1.52 bits per heavy atom. The minimum Gasteiger partial charge on any atom is -0.460 e. The van der Waals surface area contributed by atoms with E-state index in [0.717, 1.165) is 0 Å². The van der Waals surface area contributed by atoms with Crippen LogP contribution in [-0.4, -0.2) is 47.4 Å². The first-order valence-electron chi connectivity index (χ1n) is 8.39. The van der Waals surface area contributed by atoms with Gasteiger partial charge in [0.05, 0.1) is 18.3 Å².